The molecule has 0 unspecified atom stereocenters. The van der Waals surface area contributed by atoms with Crippen molar-refractivity contribution in [2.45, 2.75) is 13.8 Å². The molecule has 1 N–H and O–H groups in total. The van der Waals surface area contributed by atoms with Crippen molar-refractivity contribution in [2.75, 3.05) is 44.7 Å². The summed E-state index contributed by atoms with van der Waals surface area (Å²) in [7, 11) is 1.84. The van der Waals surface area contributed by atoms with Crippen molar-refractivity contribution in [2.24, 2.45) is 10.9 Å². The fourth-order valence-electron chi connectivity index (χ4n) is 2.20. The minimum Gasteiger partial charge on any atom is -0.356 e. The van der Waals surface area contributed by atoms with Crippen molar-refractivity contribution >= 4 is 35.9 Å². The first kappa shape index (κ1) is 17.9. The Labute approximate surface area is 144 Å². The Morgan fingerprint density at radius 2 is 1.86 bits per heavy atom. The van der Waals surface area contributed by atoms with Gasteiger partial charge in [0.05, 0.1) is 0 Å². The summed E-state index contributed by atoms with van der Waals surface area (Å²) in [5.41, 5.74) is 0. The standard InChI is InChI=1S/C14H24N6.HI/c1-12(2)11-18-13(15-3)19-7-9-20(10-8-19)14-16-5-4-6-17-14;/h4-6,12H,7-11H2,1-3H3,(H,15,18);1H. The second kappa shape index (κ2) is 9.01. The van der Waals surface area contributed by atoms with Gasteiger partial charge in [0.2, 0.25) is 5.95 Å². The summed E-state index contributed by atoms with van der Waals surface area (Å²) in [5, 5.41) is 3.42. The predicted molar refractivity (Wildman–Crippen MR) is 97.4 cm³/mol. The lowest BCUT2D eigenvalue weighted by Gasteiger charge is -2.36. The number of nitrogens with one attached hydrogen (secondary N) is 1. The zero-order chi connectivity index (χ0) is 14.4. The molecule has 1 aliphatic rings. The Kier molecular flexibility index (Phi) is 7.69. The van der Waals surface area contributed by atoms with E-state index in [0.29, 0.717) is 5.92 Å². The zero-order valence-corrected chi connectivity index (χ0v) is 15.3. The quantitative estimate of drug-likeness (QED) is 0.470. The first-order valence-corrected chi connectivity index (χ1v) is 7.18. The second-order valence-electron chi connectivity index (χ2n) is 5.34. The number of anilines is 1. The van der Waals surface area contributed by atoms with Gasteiger partial charge >= 0.3 is 0 Å². The molecule has 1 saturated heterocycles. The molecule has 6 nitrogen and oxygen atoms in total. The first-order valence-electron chi connectivity index (χ1n) is 7.18. The van der Waals surface area contributed by atoms with E-state index >= 15 is 0 Å². The molecule has 0 bridgehead atoms. The van der Waals surface area contributed by atoms with Crippen molar-refractivity contribution in [3.05, 3.63) is 18.5 Å². The average molecular weight is 404 g/mol. The number of aliphatic imine (C=N–C) groups is 1. The Hall–Kier alpha value is -1.12. The van der Waals surface area contributed by atoms with Gasteiger partial charge in [0.25, 0.3) is 0 Å². The van der Waals surface area contributed by atoms with Crippen LogP contribution in [0.4, 0.5) is 5.95 Å². The van der Waals surface area contributed by atoms with Gasteiger partial charge in [-0.05, 0) is 12.0 Å². The molecule has 1 aromatic rings. The van der Waals surface area contributed by atoms with E-state index in [1.54, 1.807) is 12.4 Å². The van der Waals surface area contributed by atoms with E-state index < -0.39 is 0 Å². The molecule has 7 heteroatoms. The van der Waals surface area contributed by atoms with Crippen LogP contribution in [0.3, 0.4) is 0 Å². The Morgan fingerprint density at radius 1 is 1.24 bits per heavy atom. The number of rotatable bonds is 3. The maximum Gasteiger partial charge on any atom is 0.225 e. The van der Waals surface area contributed by atoms with Crippen LogP contribution in [-0.2, 0) is 0 Å². The molecule has 0 saturated carbocycles. The predicted octanol–water partition coefficient (Wildman–Crippen LogP) is 1.45. The van der Waals surface area contributed by atoms with Crippen molar-refractivity contribution in [3.8, 4) is 0 Å². The summed E-state index contributed by atoms with van der Waals surface area (Å²) < 4.78 is 0. The molecule has 1 aromatic heterocycles. The van der Waals surface area contributed by atoms with Crippen molar-refractivity contribution < 1.29 is 0 Å². The third-order valence-corrected chi connectivity index (χ3v) is 3.29. The molecule has 1 aliphatic heterocycles. The summed E-state index contributed by atoms with van der Waals surface area (Å²) in [6.45, 7) is 9.08. The highest BCUT2D eigenvalue weighted by molar-refractivity contribution is 14.0. The van der Waals surface area contributed by atoms with Crippen LogP contribution in [0.25, 0.3) is 0 Å². The number of nitrogens with zero attached hydrogens (tertiary/aromatic N) is 5. The van der Waals surface area contributed by atoms with Gasteiger partial charge in [-0.1, -0.05) is 13.8 Å². The van der Waals surface area contributed by atoms with Crippen LogP contribution in [0.1, 0.15) is 13.8 Å². The van der Waals surface area contributed by atoms with Gasteiger partial charge in [-0.25, -0.2) is 9.97 Å². The van der Waals surface area contributed by atoms with Crippen LogP contribution in [0.5, 0.6) is 0 Å². The minimum absolute atomic E-state index is 0. The molecule has 0 atom stereocenters. The van der Waals surface area contributed by atoms with Crippen LogP contribution in [0.2, 0.25) is 0 Å². The van der Waals surface area contributed by atoms with Crippen LogP contribution in [0.15, 0.2) is 23.5 Å². The Balaban J connectivity index is 0.00000220. The molecule has 0 spiro atoms. The van der Waals surface area contributed by atoms with Crippen molar-refractivity contribution in [3.63, 3.8) is 0 Å². The zero-order valence-electron chi connectivity index (χ0n) is 13.0. The van der Waals surface area contributed by atoms with E-state index in [0.717, 1.165) is 44.6 Å². The lowest BCUT2D eigenvalue weighted by atomic mass is 10.2. The second-order valence-corrected chi connectivity index (χ2v) is 5.34. The fourth-order valence-corrected chi connectivity index (χ4v) is 2.20. The maximum absolute atomic E-state index is 4.36. The molecule has 0 aromatic carbocycles. The Bertz CT molecular complexity index is 428. The van der Waals surface area contributed by atoms with E-state index in [-0.39, 0.29) is 24.0 Å². The smallest absolute Gasteiger partial charge is 0.225 e. The molecule has 2 rings (SSSR count). The molecule has 2 heterocycles. The molecule has 0 aliphatic carbocycles. The number of piperazine rings is 1. The van der Waals surface area contributed by atoms with E-state index in [9.17, 15) is 0 Å². The van der Waals surface area contributed by atoms with Gasteiger partial charge in [0, 0.05) is 52.2 Å². The molecular formula is C14H25IN6. The topological polar surface area (TPSA) is 56.7 Å². The fraction of sp³-hybridized carbons (Fsp3) is 0.643. The van der Waals surface area contributed by atoms with Crippen LogP contribution < -0.4 is 10.2 Å². The average Bonchev–Trinajstić information content (AvgIpc) is 2.49. The number of halogens is 1. The number of aromatic nitrogens is 2. The molecule has 0 amide bonds. The summed E-state index contributed by atoms with van der Waals surface area (Å²) in [6.07, 6.45) is 3.58. The summed E-state index contributed by atoms with van der Waals surface area (Å²) in [6, 6.07) is 1.84. The van der Waals surface area contributed by atoms with Gasteiger partial charge in [-0.2, -0.15) is 0 Å². The first-order chi connectivity index (χ1) is 9.70. The third-order valence-electron chi connectivity index (χ3n) is 3.29. The summed E-state index contributed by atoms with van der Waals surface area (Å²) >= 11 is 0. The lowest BCUT2D eigenvalue weighted by Crippen LogP contribution is -2.53. The normalized spacial score (nSPS) is 15.9. The van der Waals surface area contributed by atoms with E-state index in [1.807, 2.05) is 13.1 Å². The third kappa shape index (κ3) is 5.29. The summed E-state index contributed by atoms with van der Waals surface area (Å²) in [5.74, 6) is 2.43. The van der Waals surface area contributed by atoms with Gasteiger partial charge in [-0.3, -0.25) is 4.99 Å². The van der Waals surface area contributed by atoms with Gasteiger partial charge < -0.3 is 15.1 Å². The largest absolute Gasteiger partial charge is 0.356 e. The molecule has 21 heavy (non-hydrogen) atoms. The number of guanidine groups is 1. The molecule has 118 valence electrons. The van der Waals surface area contributed by atoms with E-state index in [4.69, 9.17) is 0 Å². The number of hydrogen-bond acceptors (Lipinski definition) is 4. The molecule has 1 fully saturated rings. The maximum atomic E-state index is 4.36. The van der Waals surface area contributed by atoms with Crippen LogP contribution in [-0.4, -0.2) is 60.6 Å². The van der Waals surface area contributed by atoms with Crippen molar-refractivity contribution in [1.82, 2.24) is 20.2 Å². The van der Waals surface area contributed by atoms with E-state index in [1.165, 1.54) is 0 Å². The lowest BCUT2D eigenvalue weighted by molar-refractivity contribution is 0.367. The highest BCUT2D eigenvalue weighted by Gasteiger charge is 2.20. The highest BCUT2D eigenvalue weighted by atomic mass is 127. The monoisotopic (exact) mass is 404 g/mol. The minimum atomic E-state index is 0. The SMILES string of the molecule is CN=C(NCC(C)C)N1CCN(c2ncccn2)CC1.I. The summed E-state index contributed by atoms with van der Waals surface area (Å²) in [4.78, 5) is 17.5. The van der Waals surface area contributed by atoms with Crippen LogP contribution >= 0.6 is 24.0 Å². The van der Waals surface area contributed by atoms with E-state index in [2.05, 4.69) is 43.9 Å². The van der Waals surface area contributed by atoms with Gasteiger partial charge in [0.1, 0.15) is 0 Å². The molecular weight excluding hydrogens is 379 g/mol. The number of hydrogen-bond donors (Lipinski definition) is 1. The Morgan fingerprint density at radius 3 is 2.38 bits per heavy atom. The highest BCUT2D eigenvalue weighted by Crippen LogP contribution is 2.09. The van der Waals surface area contributed by atoms with Gasteiger partial charge in [-0.15, -0.1) is 24.0 Å². The molecule has 0 radical (unpaired) electrons. The van der Waals surface area contributed by atoms with Gasteiger partial charge in [0.15, 0.2) is 5.96 Å². The van der Waals surface area contributed by atoms with Crippen molar-refractivity contribution in [1.29, 1.82) is 0 Å². The van der Waals surface area contributed by atoms with Crippen LogP contribution in [0, 0.1) is 5.92 Å².